The van der Waals surface area contributed by atoms with Gasteiger partial charge in [0.15, 0.2) is 0 Å². The van der Waals surface area contributed by atoms with Crippen LogP contribution in [0, 0.1) is 0 Å². The number of aryl methyl sites for hydroxylation is 1. The van der Waals surface area contributed by atoms with E-state index in [1.54, 1.807) is 10.9 Å². The van der Waals surface area contributed by atoms with Gasteiger partial charge in [-0.05, 0) is 18.9 Å². The SMILES string of the molecule is CCn1cc(CC(CS(C)(=O)=O)NN)cn1. The van der Waals surface area contributed by atoms with Crippen molar-refractivity contribution >= 4 is 9.84 Å². The minimum absolute atomic E-state index is 0.0286. The van der Waals surface area contributed by atoms with Gasteiger partial charge in [0.2, 0.25) is 0 Å². The van der Waals surface area contributed by atoms with Crippen LogP contribution in [0.2, 0.25) is 0 Å². The van der Waals surface area contributed by atoms with Crippen LogP contribution >= 0.6 is 0 Å². The first-order chi connectivity index (χ1) is 7.44. The van der Waals surface area contributed by atoms with Gasteiger partial charge in [-0.3, -0.25) is 16.0 Å². The van der Waals surface area contributed by atoms with Crippen molar-refractivity contribution in [1.82, 2.24) is 15.2 Å². The van der Waals surface area contributed by atoms with Gasteiger partial charge in [0.25, 0.3) is 0 Å². The number of nitrogens with zero attached hydrogens (tertiary/aromatic N) is 2. The van der Waals surface area contributed by atoms with E-state index in [9.17, 15) is 8.42 Å². The van der Waals surface area contributed by atoms with Crippen LogP contribution in [0.25, 0.3) is 0 Å². The number of hydrazine groups is 1. The highest BCUT2D eigenvalue weighted by atomic mass is 32.2. The van der Waals surface area contributed by atoms with E-state index in [2.05, 4.69) is 10.5 Å². The molecule has 1 atom stereocenters. The van der Waals surface area contributed by atoms with E-state index >= 15 is 0 Å². The molecule has 1 aromatic rings. The van der Waals surface area contributed by atoms with Crippen LogP contribution in [0.15, 0.2) is 12.4 Å². The van der Waals surface area contributed by atoms with E-state index in [0.717, 1.165) is 12.1 Å². The molecule has 1 rings (SSSR count). The van der Waals surface area contributed by atoms with Gasteiger partial charge >= 0.3 is 0 Å². The van der Waals surface area contributed by atoms with Gasteiger partial charge in [-0.1, -0.05) is 0 Å². The number of aromatic nitrogens is 2. The van der Waals surface area contributed by atoms with Crippen molar-refractivity contribution in [3.05, 3.63) is 18.0 Å². The Hall–Kier alpha value is -0.920. The lowest BCUT2D eigenvalue weighted by atomic mass is 10.1. The predicted molar refractivity (Wildman–Crippen MR) is 62.4 cm³/mol. The summed E-state index contributed by atoms with van der Waals surface area (Å²) in [6, 6.07) is -0.274. The van der Waals surface area contributed by atoms with E-state index in [4.69, 9.17) is 5.84 Å². The molecular formula is C9H18N4O2S. The van der Waals surface area contributed by atoms with Crippen LogP contribution in [0.3, 0.4) is 0 Å². The largest absolute Gasteiger partial charge is 0.273 e. The maximum absolute atomic E-state index is 11.1. The summed E-state index contributed by atoms with van der Waals surface area (Å²) < 4.78 is 24.1. The smallest absolute Gasteiger partial charge is 0.149 e. The highest BCUT2D eigenvalue weighted by Crippen LogP contribution is 2.04. The number of hydrogen-bond donors (Lipinski definition) is 2. The molecule has 0 spiro atoms. The Morgan fingerprint density at radius 1 is 1.62 bits per heavy atom. The van der Waals surface area contributed by atoms with Crippen LogP contribution in [-0.2, 0) is 22.8 Å². The Balaban J connectivity index is 2.63. The lowest BCUT2D eigenvalue weighted by Crippen LogP contribution is -2.41. The molecule has 0 fully saturated rings. The van der Waals surface area contributed by atoms with Gasteiger partial charge in [0.1, 0.15) is 9.84 Å². The minimum Gasteiger partial charge on any atom is -0.273 e. The molecule has 1 unspecified atom stereocenters. The van der Waals surface area contributed by atoms with Crippen LogP contribution < -0.4 is 11.3 Å². The van der Waals surface area contributed by atoms with E-state index in [0.29, 0.717) is 6.42 Å². The first kappa shape index (κ1) is 13.1. The third kappa shape index (κ3) is 4.30. The summed E-state index contributed by atoms with van der Waals surface area (Å²) in [6.07, 6.45) is 5.39. The molecule has 7 heteroatoms. The number of nitrogens with two attached hydrogens (primary N) is 1. The number of rotatable bonds is 6. The molecule has 0 saturated carbocycles. The normalized spacial score (nSPS) is 13.9. The van der Waals surface area contributed by atoms with E-state index in [1.807, 2.05) is 13.1 Å². The summed E-state index contributed by atoms with van der Waals surface area (Å²) in [5.41, 5.74) is 3.50. The monoisotopic (exact) mass is 246 g/mol. The summed E-state index contributed by atoms with van der Waals surface area (Å²) in [5, 5.41) is 4.12. The predicted octanol–water partition coefficient (Wildman–Crippen LogP) is -0.678. The Morgan fingerprint density at radius 2 is 2.31 bits per heavy atom. The lowest BCUT2D eigenvalue weighted by molar-refractivity contribution is 0.545. The third-order valence-electron chi connectivity index (χ3n) is 2.23. The molecule has 0 aliphatic rings. The summed E-state index contributed by atoms with van der Waals surface area (Å²) in [5.74, 6) is 5.35. The molecule has 0 aliphatic carbocycles. The Bertz CT molecular complexity index is 426. The van der Waals surface area contributed by atoms with Crippen molar-refractivity contribution in [1.29, 1.82) is 0 Å². The molecule has 1 heterocycles. The van der Waals surface area contributed by atoms with Gasteiger partial charge in [0, 0.05) is 25.0 Å². The van der Waals surface area contributed by atoms with Gasteiger partial charge in [-0.2, -0.15) is 5.10 Å². The highest BCUT2D eigenvalue weighted by Gasteiger charge is 2.15. The average molecular weight is 246 g/mol. The summed E-state index contributed by atoms with van der Waals surface area (Å²) in [7, 11) is -3.02. The molecule has 92 valence electrons. The van der Waals surface area contributed by atoms with Crippen molar-refractivity contribution in [3.63, 3.8) is 0 Å². The fraction of sp³-hybridized carbons (Fsp3) is 0.667. The van der Waals surface area contributed by atoms with Gasteiger partial charge in [-0.25, -0.2) is 8.42 Å². The molecule has 16 heavy (non-hydrogen) atoms. The van der Waals surface area contributed by atoms with Crippen LogP contribution in [-0.4, -0.2) is 36.2 Å². The topological polar surface area (TPSA) is 90.0 Å². The lowest BCUT2D eigenvalue weighted by Gasteiger charge is -2.13. The average Bonchev–Trinajstić information content (AvgIpc) is 2.62. The van der Waals surface area contributed by atoms with E-state index in [-0.39, 0.29) is 11.8 Å². The van der Waals surface area contributed by atoms with Crippen LogP contribution in [0.1, 0.15) is 12.5 Å². The first-order valence-corrected chi connectivity index (χ1v) is 7.16. The molecular weight excluding hydrogens is 228 g/mol. The quantitative estimate of drug-likeness (QED) is 0.513. The van der Waals surface area contributed by atoms with Gasteiger partial charge < -0.3 is 0 Å². The van der Waals surface area contributed by atoms with E-state index in [1.165, 1.54) is 6.26 Å². The third-order valence-corrected chi connectivity index (χ3v) is 3.24. The molecule has 0 aromatic carbocycles. The molecule has 3 N–H and O–H groups in total. The van der Waals surface area contributed by atoms with Crippen molar-refractivity contribution < 1.29 is 8.42 Å². The fourth-order valence-electron chi connectivity index (χ4n) is 1.50. The summed E-state index contributed by atoms with van der Waals surface area (Å²) >= 11 is 0. The Kier molecular flexibility index (Phi) is 4.45. The van der Waals surface area contributed by atoms with Crippen LogP contribution in [0.4, 0.5) is 0 Å². The fourth-order valence-corrected chi connectivity index (χ4v) is 2.45. The standard InChI is InChI=1S/C9H18N4O2S/c1-3-13-6-8(5-11-13)4-9(12-10)7-16(2,14)15/h5-6,9,12H,3-4,7,10H2,1-2H3. The van der Waals surface area contributed by atoms with E-state index < -0.39 is 9.84 Å². The number of sulfone groups is 1. The first-order valence-electron chi connectivity index (χ1n) is 5.09. The molecule has 6 nitrogen and oxygen atoms in total. The Labute approximate surface area is 95.7 Å². The molecule has 0 saturated heterocycles. The van der Waals surface area contributed by atoms with Crippen molar-refractivity contribution in [2.75, 3.05) is 12.0 Å². The van der Waals surface area contributed by atoms with Crippen molar-refractivity contribution in [2.45, 2.75) is 25.9 Å². The zero-order valence-corrected chi connectivity index (χ0v) is 10.4. The maximum atomic E-state index is 11.1. The second-order valence-corrected chi connectivity index (χ2v) is 6.05. The summed E-state index contributed by atoms with van der Waals surface area (Å²) in [6.45, 7) is 2.79. The number of hydrogen-bond acceptors (Lipinski definition) is 5. The zero-order chi connectivity index (χ0) is 12.2. The highest BCUT2D eigenvalue weighted by molar-refractivity contribution is 7.90. The molecule has 0 aliphatic heterocycles. The van der Waals surface area contributed by atoms with Crippen molar-refractivity contribution in [2.24, 2.45) is 5.84 Å². The van der Waals surface area contributed by atoms with Gasteiger partial charge in [-0.15, -0.1) is 0 Å². The number of nitrogens with one attached hydrogen (secondary N) is 1. The van der Waals surface area contributed by atoms with Crippen LogP contribution in [0.5, 0.6) is 0 Å². The molecule has 0 bridgehead atoms. The van der Waals surface area contributed by atoms with Gasteiger partial charge in [0.05, 0.1) is 11.9 Å². The second kappa shape index (κ2) is 5.42. The second-order valence-electron chi connectivity index (χ2n) is 3.86. The Morgan fingerprint density at radius 3 is 2.75 bits per heavy atom. The minimum atomic E-state index is -3.02. The molecule has 0 amide bonds. The molecule has 0 radical (unpaired) electrons. The maximum Gasteiger partial charge on any atom is 0.149 e. The summed E-state index contributed by atoms with van der Waals surface area (Å²) in [4.78, 5) is 0. The van der Waals surface area contributed by atoms with Crippen molar-refractivity contribution in [3.8, 4) is 0 Å². The zero-order valence-electron chi connectivity index (χ0n) is 9.55. The molecule has 1 aromatic heterocycles.